The Kier molecular flexibility index (Phi) is 3.26. The van der Waals surface area contributed by atoms with Crippen LogP contribution in [0.1, 0.15) is 23.1 Å². The van der Waals surface area contributed by atoms with Crippen molar-refractivity contribution < 1.29 is 9.53 Å². The molecule has 0 amide bonds. The number of carbonyl (C=O) groups excluding carboxylic acids is 1. The second-order valence-electron chi connectivity index (χ2n) is 5.36. The van der Waals surface area contributed by atoms with Crippen molar-refractivity contribution >= 4 is 22.6 Å². The van der Waals surface area contributed by atoms with Gasteiger partial charge in [0.2, 0.25) is 0 Å². The summed E-state index contributed by atoms with van der Waals surface area (Å²) in [4.78, 5) is 25.0. The Morgan fingerprint density at radius 2 is 2.21 bits per heavy atom. The number of nitrogens with zero attached hydrogens (tertiary/aromatic N) is 5. The number of benzene rings is 1. The highest BCUT2D eigenvalue weighted by molar-refractivity contribution is 5.91. The number of ether oxygens (including phenoxy) is 1. The van der Waals surface area contributed by atoms with E-state index in [0.717, 1.165) is 22.4 Å². The molecular weight excluding hydrogens is 306 g/mol. The molecule has 0 aliphatic carbocycles. The van der Waals surface area contributed by atoms with Gasteiger partial charge < -0.3 is 9.30 Å². The lowest BCUT2D eigenvalue weighted by Gasteiger charge is -2.07. The van der Waals surface area contributed by atoms with Crippen LogP contribution in [0.4, 0.5) is 0 Å². The molecule has 3 heterocycles. The first-order chi connectivity index (χ1) is 11.7. The average molecular weight is 321 g/mol. The molecule has 0 aliphatic rings. The topological polar surface area (TPSA) is 74.3 Å². The number of hydrogen-bond acceptors (Lipinski definition) is 5. The molecule has 24 heavy (non-hydrogen) atoms. The molecule has 0 atom stereocenters. The van der Waals surface area contributed by atoms with E-state index in [1.165, 1.54) is 0 Å². The largest absolute Gasteiger partial charge is 0.461 e. The third-order valence-electron chi connectivity index (χ3n) is 3.92. The van der Waals surface area contributed by atoms with Crippen LogP contribution >= 0.6 is 0 Å². The van der Waals surface area contributed by atoms with Crippen molar-refractivity contribution in [2.75, 3.05) is 6.61 Å². The first-order valence-corrected chi connectivity index (χ1v) is 7.62. The van der Waals surface area contributed by atoms with Crippen LogP contribution in [0, 0.1) is 6.92 Å². The van der Waals surface area contributed by atoms with E-state index >= 15 is 0 Å². The van der Waals surface area contributed by atoms with Crippen LogP contribution in [-0.2, 0) is 4.74 Å². The molecule has 0 fully saturated rings. The van der Waals surface area contributed by atoms with E-state index < -0.39 is 5.97 Å². The molecule has 7 nitrogen and oxygen atoms in total. The van der Waals surface area contributed by atoms with E-state index in [2.05, 4.69) is 15.0 Å². The number of esters is 1. The van der Waals surface area contributed by atoms with Crippen molar-refractivity contribution in [1.29, 1.82) is 0 Å². The molecule has 120 valence electrons. The number of aromatic nitrogens is 5. The van der Waals surface area contributed by atoms with Gasteiger partial charge in [-0.2, -0.15) is 0 Å². The maximum absolute atomic E-state index is 12.1. The van der Waals surface area contributed by atoms with Crippen LogP contribution in [0.2, 0.25) is 0 Å². The van der Waals surface area contributed by atoms with E-state index in [-0.39, 0.29) is 0 Å². The Morgan fingerprint density at radius 1 is 1.33 bits per heavy atom. The lowest BCUT2D eigenvalue weighted by Crippen LogP contribution is -2.07. The van der Waals surface area contributed by atoms with Crippen molar-refractivity contribution in [1.82, 2.24) is 23.9 Å². The molecule has 0 N–H and O–H groups in total. The first kappa shape index (κ1) is 14.4. The summed E-state index contributed by atoms with van der Waals surface area (Å²) in [7, 11) is 0. The smallest absolute Gasteiger partial charge is 0.358 e. The third kappa shape index (κ3) is 2.13. The molecule has 0 saturated heterocycles. The molecule has 0 bridgehead atoms. The van der Waals surface area contributed by atoms with Gasteiger partial charge in [0.15, 0.2) is 11.3 Å². The average Bonchev–Trinajstić information content (AvgIpc) is 3.23. The Bertz CT molecular complexity index is 1050. The molecular formula is C17H15N5O2. The van der Waals surface area contributed by atoms with Crippen LogP contribution in [0.25, 0.3) is 22.4 Å². The first-order valence-electron chi connectivity index (χ1n) is 7.62. The second-order valence-corrected chi connectivity index (χ2v) is 5.36. The van der Waals surface area contributed by atoms with Gasteiger partial charge in [-0.25, -0.2) is 14.8 Å². The number of hydrogen-bond donors (Lipinski definition) is 0. The molecule has 4 aromatic rings. The molecule has 3 aromatic heterocycles. The van der Waals surface area contributed by atoms with Gasteiger partial charge in [-0.05, 0) is 32.0 Å². The van der Waals surface area contributed by atoms with Crippen LogP contribution in [0.15, 0.2) is 43.1 Å². The molecule has 7 heteroatoms. The van der Waals surface area contributed by atoms with Crippen LogP contribution < -0.4 is 0 Å². The summed E-state index contributed by atoms with van der Waals surface area (Å²) in [6.07, 6.45) is 7.00. The third-order valence-corrected chi connectivity index (χ3v) is 3.92. The van der Waals surface area contributed by atoms with Gasteiger partial charge >= 0.3 is 5.97 Å². The van der Waals surface area contributed by atoms with Gasteiger partial charge in [0, 0.05) is 18.1 Å². The number of aryl methyl sites for hydroxylation is 1. The maximum Gasteiger partial charge on any atom is 0.358 e. The summed E-state index contributed by atoms with van der Waals surface area (Å²) < 4.78 is 8.92. The molecule has 0 radical (unpaired) electrons. The highest BCUT2D eigenvalue weighted by Gasteiger charge is 2.18. The van der Waals surface area contributed by atoms with Crippen molar-refractivity contribution in [2.24, 2.45) is 0 Å². The minimum absolute atomic E-state index is 0.315. The summed E-state index contributed by atoms with van der Waals surface area (Å²) >= 11 is 0. The number of fused-ring (bicyclic) bond motifs is 3. The zero-order valence-corrected chi connectivity index (χ0v) is 13.3. The monoisotopic (exact) mass is 321 g/mol. The van der Waals surface area contributed by atoms with Crippen molar-refractivity contribution in [2.45, 2.75) is 13.8 Å². The molecule has 0 unspecified atom stereocenters. The summed E-state index contributed by atoms with van der Waals surface area (Å²) in [5.74, 6) is -0.419. The van der Waals surface area contributed by atoms with Gasteiger partial charge in [-0.3, -0.25) is 9.38 Å². The zero-order chi connectivity index (χ0) is 16.7. The van der Waals surface area contributed by atoms with Gasteiger partial charge in [0.05, 0.1) is 35.9 Å². The highest BCUT2D eigenvalue weighted by atomic mass is 16.5. The van der Waals surface area contributed by atoms with Gasteiger partial charge in [0.1, 0.15) is 0 Å². The summed E-state index contributed by atoms with van der Waals surface area (Å²) in [6, 6.07) is 5.91. The van der Waals surface area contributed by atoms with Crippen LogP contribution in [0.3, 0.4) is 0 Å². The fourth-order valence-corrected chi connectivity index (χ4v) is 2.81. The number of carbonyl (C=O) groups is 1. The Morgan fingerprint density at radius 3 is 2.96 bits per heavy atom. The standard InChI is InChI=1S/C17H15N5O2/c1-3-24-17(23)16-11(2)22-14-8-12(21-7-6-18-10-21)4-5-13(14)19-9-15(22)20-16/h4-10H,3H2,1-2H3. The summed E-state index contributed by atoms with van der Waals surface area (Å²) in [6.45, 7) is 3.95. The van der Waals surface area contributed by atoms with Gasteiger partial charge in [0.25, 0.3) is 0 Å². The zero-order valence-electron chi connectivity index (χ0n) is 13.3. The van der Waals surface area contributed by atoms with Gasteiger partial charge in [-0.1, -0.05) is 0 Å². The Labute approximate surface area is 137 Å². The van der Waals surface area contributed by atoms with Crippen molar-refractivity contribution in [3.63, 3.8) is 0 Å². The van der Waals surface area contributed by atoms with E-state index in [0.29, 0.717) is 17.9 Å². The summed E-state index contributed by atoms with van der Waals surface area (Å²) in [5, 5.41) is 0. The predicted molar refractivity (Wildman–Crippen MR) is 88.3 cm³/mol. The van der Waals surface area contributed by atoms with E-state index in [4.69, 9.17) is 4.74 Å². The SMILES string of the molecule is CCOC(=O)c1nc2cnc3ccc(-n4ccnc4)cc3n2c1C. The minimum Gasteiger partial charge on any atom is -0.461 e. The maximum atomic E-state index is 12.1. The lowest BCUT2D eigenvalue weighted by atomic mass is 10.2. The lowest BCUT2D eigenvalue weighted by molar-refractivity contribution is 0.0519. The predicted octanol–water partition coefficient (Wildman–Crippen LogP) is 2.55. The van der Waals surface area contributed by atoms with Gasteiger partial charge in [-0.15, -0.1) is 0 Å². The highest BCUT2D eigenvalue weighted by Crippen LogP contribution is 2.22. The molecule has 1 aromatic carbocycles. The van der Waals surface area contributed by atoms with E-state index in [9.17, 15) is 4.79 Å². The number of rotatable bonds is 3. The van der Waals surface area contributed by atoms with Crippen molar-refractivity contribution in [3.05, 3.63) is 54.5 Å². The fourth-order valence-electron chi connectivity index (χ4n) is 2.81. The number of imidazole rings is 2. The molecule has 4 rings (SSSR count). The molecule has 0 aliphatic heterocycles. The quantitative estimate of drug-likeness (QED) is 0.542. The Hall–Kier alpha value is -3.22. The normalized spacial score (nSPS) is 11.2. The molecule has 0 saturated carbocycles. The van der Waals surface area contributed by atoms with Crippen LogP contribution in [-0.4, -0.2) is 36.5 Å². The van der Waals surface area contributed by atoms with E-state index in [1.807, 2.05) is 40.3 Å². The second kappa shape index (κ2) is 5.45. The van der Waals surface area contributed by atoms with E-state index in [1.54, 1.807) is 25.6 Å². The van der Waals surface area contributed by atoms with Crippen LogP contribution in [0.5, 0.6) is 0 Å². The molecule has 0 spiro atoms. The summed E-state index contributed by atoms with van der Waals surface area (Å²) in [5.41, 5.74) is 4.32. The van der Waals surface area contributed by atoms with Crippen molar-refractivity contribution in [3.8, 4) is 5.69 Å². The fraction of sp³-hybridized carbons (Fsp3) is 0.176. The minimum atomic E-state index is -0.419. The Balaban J connectivity index is 1.98.